The van der Waals surface area contributed by atoms with Crippen LogP contribution in [0.5, 0.6) is 5.75 Å². The van der Waals surface area contributed by atoms with Crippen molar-refractivity contribution >= 4 is 23.3 Å². The fourth-order valence-electron chi connectivity index (χ4n) is 3.11. The standard InChI is InChI=1S/C21H26N4O3/c1-14-5-7-15(8-6-14)18(24(2)3)12-22-21(27)23-16-9-10-17-19(11-16)28-13-20(26)25(17)4/h5-11,18H,12-13H2,1-4H3,(H2,22,23,27). The van der Waals surface area contributed by atoms with E-state index in [4.69, 9.17) is 4.74 Å². The molecule has 1 aliphatic heterocycles. The summed E-state index contributed by atoms with van der Waals surface area (Å²) in [6.07, 6.45) is 0. The van der Waals surface area contributed by atoms with E-state index in [1.807, 2.05) is 14.1 Å². The lowest BCUT2D eigenvalue weighted by atomic mass is 10.0. The number of hydrogen-bond acceptors (Lipinski definition) is 4. The van der Waals surface area contributed by atoms with Crippen molar-refractivity contribution in [3.8, 4) is 5.75 Å². The van der Waals surface area contributed by atoms with Gasteiger partial charge in [0.05, 0.1) is 11.7 Å². The molecule has 1 unspecified atom stereocenters. The SMILES string of the molecule is Cc1ccc(C(CNC(=O)Nc2ccc3c(c2)OCC(=O)N3C)N(C)C)cc1. The van der Waals surface area contributed by atoms with E-state index >= 15 is 0 Å². The van der Waals surface area contributed by atoms with E-state index in [9.17, 15) is 9.59 Å². The first-order valence-electron chi connectivity index (χ1n) is 9.16. The number of nitrogens with one attached hydrogen (secondary N) is 2. The van der Waals surface area contributed by atoms with Gasteiger partial charge in [-0.3, -0.25) is 4.79 Å². The molecular weight excluding hydrogens is 356 g/mol. The number of hydrogen-bond donors (Lipinski definition) is 2. The molecule has 7 heteroatoms. The van der Waals surface area contributed by atoms with E-state index < -0.39 is 0 Å². The molecule has 2 aromatic rings. The monoisotopic (exact) mass is 382 g/mol. The third-order valence-electron chi connectivity index (χ3n) is 4.85. The average molecular weight is 382 g/mol. The van der Waals surface area contributed by atoms with Gasteiger partial charge in [0.15, 0.2) is 6.61 Å². The van der Waals surface area contributed by atoms with Crippen LogP contribution in [0.3, 0.4) is 0 Å². The quantitative estimate of drug-likeness (QED) is 0.834. The maximum atomic E-state index is 12.4. The first-order valence-corrected chi connectivity index (χ1v) is 9.16. The lowest BCUT2D eigenvalue weighted by Crippen LogP contribution is -2.37. The van der Waals surface area contributed by atoms with Crippen LogP contribution < -0.4 is 20.3 Å². The van der Waals surface area contributed by atoms with E-state index in [-0.39, 0.29) is 24.6 Å². The van der Waals surface area contributed by atoms with Crippen molar-refractivity contribution in [2.75, 3.05) is 44.5 Å². The van der Waals surface area contributed by atoms with Crippen molar-refractivity contribution in [3.05, 3.63) is 53.6 Å². The van der Waals surface area contributed by atoms with Gasteiger partial charge in [0, 0.05) is 25.3 Å². The molecule has 1 aliphatic rings. The summed E-state index contributed by atoms with van der Waals surface area (Å²) in [5.74, 6) is 0.475. The van der Waals surface area contributed by atoms with Gasteiger partial charge >= 0.3 is 6.03 Å². The number of rotatable bonds is 5. The Kier molecular flexibility index (Phi) is 5.84. The van der Waals surface area contributed by atoms with Crippen LogP contribution in [0.1, 0.15) is 17.2 Å². The lowest BCUT2D eigenvalue weighted by Gasteiger charge is -2.26. The average Bonchev–Trinajstić information content (AvgIpc) is 2.66. The van der Waals surface area contributed by atoms with Crippen LogP contribution in [-0.2, 0) is 4.79 Å². The summed E-state index contributed by atoms with van der Waals surface area (Å²) in [6, 6.07) is 13.3. The van der Waals surface area contributed by atoms with Crippen LogP contribution in [0.2, 0.25) is 0 Å². The van der Waals surface area contributed by atoms with Crippen molar-refractivity contribution < 1.29 is 14.3 Å². The Balaban J connectivity index is 1.62. The Morgan fingerprint density at radius 1 is 1.21 bits per heavy atom. The second-order valence-corrected chi connectivity index (χ2v) is 7.15. The summed E-state index contributed by atoms with van der Waals surface area (Å²) in [4.78, 5) is 27.7. The van der Waals surface area contributed by atoms with E-state index in [2.05, 4.69) is 46.7 Å². The van der Waals surface area contributed by atoms with Crippen LogP contribution >= 0.6 is 0 Å². The second kappa shape index (κ2) is 8.31. The van der Waals surface area contributed by atoms with E-state index in [1.54, 1.807) is 30.1 Å². The summed E-state index contributed by atoms with van der Waals surface area (Å²) in [7, 11) is 5.68. The molecule has 0 radical (unpaired) electrons. The number of carbonyl (C=O) groups is 2. The van der Waals surface area contributed by atoms with Gasteiger partial charge in [0.1, 0.15) is 5.75 Å². The lowest BCUT2D eigenvalue weighted by molar-refractivity contribution is -0.120. The van der Waals surface area contributed by atoms with Gasteiger partial charge in [-0.2, -0.15) is 0 Å². The molecular formula is C21H26N4O3. The highest BCUT2D eigenvalue weighted by Crippen LogP contribution is 2.33. The Bertz CT molecular complexity index is 864. The van der Waals surface area contributed by atoms with Crippen molar-refractivity contribution in [1.82, 2.24) is 10.2 Å². The molecule has 3 rings (SSSR count). The number of carbonyl (C=O) groups excluding carboxylic acids is 2. The van der Waals surface area contributed by atoms with Gasteiger partial charge in [-0.25, -0.2) is 4.79 Å². The fourth-order valence-corrected chi connectivity index (χ4v) is 3.11. The fraction of sp³-hybridized carbons (Fsp3) is 0.333. The maximum absolute atomic E-state index is 12.4. The summed E-state index contributed by atoms with van der Waals surface area (Å²) >= 11 is 0. The number of fused-ring (bicyclic) bond motifs is 1. The zero-order valence-electron chi connectivity index (χ0n) is 16.7. The van der Waals surface area contributed by atoms with Gasteiger partial charge < -0.3 is 25.2 Å². The van der Waals surface area contributed by atoms with Gasteiger partial charge in [-0.05, 0) is 38.7 Å². The number of benzene rings is 2. The molecule has 0 saturated carbocycles. The van der Waals surface area contributed by atoms with Crippen LogP contribution in [0.15, 0.2) is 42.5 Å². The molecule has 0 aromatic heterocycles. The Labute approximate surface area is 165 Å². The first-order chi connectivity index (χ1) is 13.3. The topological polar surface area (TPSA) is 73.9 Å². The molecule has 0 bridgehead atoms. The smallest absolute Gasteiger partial charge is 0.319 e. The summed E-state index contributed by atoms with van der Waals surface area (Å²) in [5, 5.41) is 5.75. The molecule has 1 atom stereocenters. The minimum atomic E-state index is -0.292. The minimum Gasteiger partial charge on any atom is -0.481 e. The number of anilines is 2. The Hall–Kier alpha value is -3.06. The van der Waals surface area contributed by atoms with Gasteiger partial charge in [0.2, 0.25) is 0 Å². The van der Waals surface area contributed by atoms with Crippen LogP contribution in [0.4, 0.5) is 16.2 Å². The van der Waals surface area contributed by atoms with Crippen LogP contribution in [0, 0.1) is 6.92 Å². The summed E-state index contributed by atoms with van der Waals surface area (Å²) in [5.41, 5.74) is 3.64. The minimum absolute atomic E-state index is 0.000213. The molecule has 0 spiro atoms. The molecule has 2 N–H and O–H groups in total. The van der Waals surface area contributed by atoms with Crippen molar-refractivity contribution in [2.45, 2.75) is 13.0 Å². The van der Waals surface area contributed by atoms with Crippen molar-refractivity contribution in [1.29, 1.82) is 0 Å². The first kappa shape index (κ1) is 19.7. The van der Waals surface area contributed by atoms with Crippen molar-refractivity contribution in [2.24, 2.45) is 0 Å². The second-order valence-electron chi connectivity index (χ2n) is 7.15. The van der Waals surface area contributed by atoms with E-state index in [0.717, 1.165) is 5.56 Å². The van der Waals surface area contributed by atoms with Crippen LogP contribution in [-0.4, -0.2) is 51.1 Å². The predicted octanol–water partition coefficient (Wildman–Crippen LogP) is 2.77. The third-order valence-corrected chi connectivity index (χ3v) is 4.85. The number of likely N-dealkylation sites (N-methyl/N-ethyl adjacent to an activating group) is 2. The zero-order valence-corrected chi connectivity index (χ0v) is 16.7. The summed E-state index contributed by atoms with van der Waals surface area (Å²) in [6.45, 7) is 2.52. The Morgan fingerprint density at radius 2 is 1.93 bits per heavy atom. The number of urea groups is 1. The zero-order chi connectivity index (χ0) is 20.3. The van der Waals surface area contributed by atoms with Gasteiger partial charge in [-0.15, -0.1) is 0 Å². The van der Waals surface area contributed by atoms with Crippen molar-refractivity contribution in [3.63, 3.8) is 0 Å². The molecule has 1 heterocycles. The van der Waals surface area contributed by atoms with Gasteiger partial charge in [0.25, 0.3) is 5.91 Å². The highest BCUT2D eigenvalue weighted by atomic mass is 16.5. The van der Waals surface area contributed by atoms with E-state index in [1.165, 1.54) is 5.56 Å². The maximum Gasteiger partial charge on any atom is 0.319 e. The van der Waals surface area contributed by atoms with Crippen LogP contribution in [0.25, 0.3) is 0 Å². The predicted molar refractivity (Wildman–Crippen MR) is 110 cm³/mol. The number of ether oxygens (including phenoxy) is 1. The Morgan fingerprint density at radius 3 is 2.61 bits per heavy atom. The molecule has 3 amide bonds. The molecule has 0 aliphatic carbocycles. The summed E-state index contributed by atoms with van der Waals surface area (Å²) < 4.78 is 5.46. The molecule has 2 aromatic carbocycles. The molecule has 7 nitrogen and oxygen atoms in total. The van der Waals surface area contributed by atoms with E-state index in [0.29, 0.717) is 23.7 Å². The molecule has 0 saturated heterocycles. The third kappa shape index (κ3) is 4.43. The normalized spacial score (nSPS) is 14.3. The number of nitrogens with zero attached hydrogens (tertiary/aromatic N) is 2. The van der Waals surface area contributed by atoms with Gasteiger partial charge in [-0.1, -0.05) is 29.8 Å². The largest absolute Gasteiger partial charge is 0.481 e. The highest BCUT2D eigenvalue weighted by molar-refractivity contribution is 5.98. The number of amides is 3. The number of aryl methyl sites for hydroxylation is 1. The molecule has 148 valence electrons. The highest BCUT2D eigenvalue weighted by Gasteiger charge is 2.22. The molecule has 0 fully saturated rings. The molecule has 28 heavy (non-hydrogen) atoms.